The molecule has 0 saturated heterocycles. The lowest BCUT2D eigenvalue weighted by Crippen LogP contribution is -2.47. The van der Waals surface area contributed by atoms with Crippen molar-refractivity contribution in [3.63, 3.8) is 0 Å². The minimum atomic E-state index is -1.29. The van der Waals surface area contributed by atoms with Crippen LogP contribution in [0.4, 0.5) is 0 Å². The minimum absolute atomic E-state index is 0.0463. The fourth-order valence-corrected chi connectivity index (χ4v) is 2.57. The molecule has 1 aromatic heterocycles. The van der Waals surface area contributed by atoms with E-state index in [-0.39, 0.29) is 18.1 Å². The molecule has 1 aliphatic heterocycles. The summed E-state index contributed by atoms with van der Waals surface area (Å²) in [4.78, 5) is 23.4. The maximum atomic E-state index is 11.9. The van der Waals surface area contributed by atoms with Crippen LogP contribution in [0, 0.1) is 0 Å². The van der Waals surface area contributed by atoms with Crippen LogP contribution < -0.4 is 5.32 Å². The molecule has 2 rings (SSSR count). The number of carbonyl (C=O) groups excluding carboxylic acids is 1. The Bertz CT molecular complexity index is 569. The standard InChI is InChI=1S/C13H14BNO5S/c16-12(8-10-4-2-6-21-10)15-11-5-1-3-9(7-13(17)18)20-14(11)19/h1-4,6-7,11,19H,5,8H2,(H,15,16)(H,17,18)/b9-7+/t11-/m0/s1. The number of allylic oxidation sites excluding steroid dienone is 1. The molecule has 110 valence electrons. The Morgan fingerprint density at radius 2 is 2.38 bits per heavy atom. The number of carboxylic acid groups (broad SMARTS) is 1. The zero-order chi connectivity index (χ0) is 15.2. The van der Waals surface area contributed by atoms with Crippen LogP contribution >= 0.6 is 11.3 Å². The summed E-state index contributed by atoms with van der Waals surface area (Å²) in [6.45, 7) is 0. The second-order valence-electron chi connectivity index (χ2n) is 4.46. The van der Waals surface area contributed by atoms with Gasteiger partial charge in [-0.3, -0.25) is 4.79 Å². The van der Waals surface area contributed by atoms with E-state index in [9.17, 15) is 14.6 Å². The van der Waals surface area contributed by atoms with E-state index < -0.39 is 19.0 Å². The first-order valence-corrected chi connectivity index (χ1v) is 7.20. The van der Waals surface area contributed by atoms with Gasteiger partial charge in [0.15, 0.2) is 0 Å². The average Bonchev–Trinajstić information content (AvgIpc) is 2.83. The quantitative estimate of drug-likeness (QED) is 0.563. The summed E-state index contributed by atoms with van der Waals surface area (Å²) in [7, 11) is -1.29. The molecule has 0 fully saturated rings. The molecule has 1 aromatic rings. The van der Waals surface area contributed by atoms with Gasteiger partial charge in [-0.25, -0.2) is 4.79 Å². The molecule has 0 bridgehead atoms. The Labute approximate surface area is 125 Å². The van der Waals surface area contributed by atoms with Gasteiger partial charge < -0.3 is 20.1 Å². The second-order valence-corrected chi connectivity index (χ2v) is 5.49. The van der Waals surface area contributed by atoms with Crippen molar-refractivity contribution in [3.8, 4) is 0 Å². The van der Waals surface area contributed by atoms with Crippen molar-refractivity contribution in [3.05, 3.63) is 46.4 Å². The number of thiophene rings is 1. The molecule has 8 heteroatoms. The van der Waals surface area contributed by atoms with Gasteiger partial charge in [0.1, 0.15) is 5.76 Å². The Hall–Kier alpha value is -2.06. The highest BCUT2D eigenvalue weighted by atomic mass is 32.1. The monoisotopic (exact) mass is 307 g/mol. The number of nitrogens with one attached hydrogen (secondary N) is 1. The molecule has 3 N–H and O–H groups in total. The molecule has 0 aliphatic carbocycles. The summed E-state index contributed by atoms with van der Waals surface area (Å²) < 4.78 is 5.11. The van der Waals surface area contributed by atoms with Crippen LogP contribution in [0.3, 0.4) is 0 Å². The fourth-order valence-electron chi connectivity index (χ4n) is 1.87. The van der Waals surface area contributed by atoms with Crippen LogP contribution in [-0.4, -0.2) is 35.1 Å². The van der Waals surface area contributed by atoms with Crippen molar-refractivity contribution in [1.82, 2.24) is 5.32 Å². The van der Waals surface area contributed by atoms with Crippen molar-refractivity contribution in [1.29, 1.82) is 0 Å². The zero-order valence-electron chi connectivity index (χ0n) is 11.1. The molecule has 2 heterocycles. The number of hydrogen-bond acceptors (Lipinski definition) is 5. The van der Waals surface area contributed by atoms with E-state index in [4.69, 9.17) is 9.76 Å². The topological polar surface area (TPSA) is 95.9 Å². The van der Waals surface area contributed by atoms with Gasteiger partial charge in [0.2, 0.25) is 5.91 Å². The highest BCUT2D eigenvalue weighted by molar-refractivity contribution is 7.10. The maximum Gasteiger partial charge on any atom is 0.546 e. The summed E-state index contributed by atoms with van der Waals surface area (Å²) in [6, 6.07) is 3.72. The lowest BCUT2D eigenvalue weighted by atomic mass is 9.77. The molecule has 0 spiro atoms. The molecule has 0 saturated carbocycles. The lowest BCUT2D eigenvalue weighted by molar-refractivity contribution is -0.131. The van der Waals surface area contributed by atoms with E-state index in [0.29, 0.717) is 6.42 Å². The highest BCUT2D eigenvalue weighted by Gasteiger charge is 2.31. The molecule has 0 aromatic carbocycles. The van der Waals surface area contributed by atoms with Crippen LogP contribution in [-0.2, 0) is 20.7 Å². The SMILES string of the molecule is O=C(O)/C=C1\C=CC[C@H](NC(=O)Cc2cccs2)B(O)O1. The lowest BCUT2D eigenvalue weighted by Gasteiger charge is -2.18. The summed E-state index contributed by atoms with van der Waals surface area (Å²) in [6.07, 6.45) is 4.57. The van der Waals surface area contributed by atoms with E-state index in [1.807, 2.05) is 17.5 Å². The molecule has 0 unspecified atom stereocenters. The molecular weight excluding hydrogens is 293 g/mol. The van der Waals surface area contributed by atoms with Crippen molar-refractivity contribution < 1.29 is 24.4 Å². The largest absolute Gasteiger partial charge is 0.546 e. The summed E-state index contributed by atoms with van der Waals surface area (Å²) in [5, 5.41) is 23.1. The second kappa shape index (κ2) is 7.10. The van der Waals surface area contributed by atoms with Gasteiger partial charge in [-0.2, -0.15) is 0 Å². The maximum absolute atomic E-state index is 11.9. The van der Waals surface area contributed by atoms with Crippen LogP contribution in [0.2, 0.25) is 0 Å². The van der Waals surface area contributed by atoms with Crippen molar-refractivity contribution in [2.24, 2.45) is 0 Å². The van der Waals surface area contributed by atoms with E-state index >= 15 is 0 Å². The predicted octanol–water partition coefficient (Wildman–Crippen LogP) is 0.740. The van der Waals surface area contributed by atoms with Gasteiger partial charge in [-0.05, 0) is 23.9 Å². The first kappa shape index (κ1) is 15.3. The number of carbonyl (C=O) groups is 2. The van der Waals surface area contributed by atoms with Gasteiger partial charge in [0, 0.05) is 4.88 Å². The number of aliphatic carboxylic acids is 1. The summed E-state index contributed by atoms with van der Waals surface area (Å²) in [5.41, 5.74) is 0. The smallest absolute Gasteiger partial charge is 0.535 e. The minimum Gasteiger partial charge on any atom is -0.535 e. The van der Waals surface area contributed by atoms with Gasteiger partial charge in [0.25, 0.3) is 0 Å². The third kappa shape index (κ3) is 4.76. The Morgan fingerprint density at radius 3 is 3.05 bits per heavy atom. The molecule has 1 aliphatic rings. The van der Waals surface area contributed by atoms with E-state index in [2.05, 4.69) is 5.32 Å². The third-order valence-corrected chi connectivity index (χ3v) is 3.68. The highest BCUT2D eigenvalue weighted by Crippen LogP contribution is 2.13. The molecule has 21 heavy (non-hydrogen) atoms. The average molecular weight is 307 g/mol. The van der Waals surface area contributed by atoms with Crippen LogP contribution in [0.25, 0.3) is 0 Å². The zero-order valence-corrected chi connectivity index (χ0v) is 11.9. The predicted molar refractivity (Wildman–Crippen MR) is 78.5 cm³/mol. The van der Waals surface area contributed by atoms with Crippen molar-refractivity contribution >= 4 is 30.3 Å². The number of rotatable bonds is 4. The van der Waals surface area contributed by atoms with E-state index in [1.54, 1.807) is 6.08 Å². The van der Waals surface area contributed by atoms with E-state index in [0.717, 1.165) is 11.0 Å². The summed E-state index contributed by atoms with van der Waals surface area (Å²) in [5.74, 6) is -1.95. The van der Waals surface area contributed by atoms with Crippen molar-refractivity contribution in [2.45, 2.75) is 18.8 Å². The van der Waals surface area contributed by atoms with Gasteiger partial charge in [-0.1, -0.05) is 12.1 Å². The van der Waals surface area contributed by atoms with Crippen LogP contribution in [0.15, 0.2) is 41.5 Å². The van der Waals surface area contributed by atoms with Gasteiger partial charge in [-0.15, -0.1) is 11.3 Å². The Kier molecular flexibility index (Phi) is 5.18. The fraction of sp³-hybridized carbons (Fsp3) is 0.231. The van der Waals surface area contributed by atoms with Crippen LogP contribution in [0.1, 0.15) is 11.3 Å². The molecule has 0 radical (unpaired) electrons. The number of hydrogen-bond donors (Lipinski definition) is 3. The normalized spacial score (nSPS) is 20.0. The van der Waals surface area contributed by atoms with Gasteiger partial charge in [0.05, 0.1) is 18.4 Å². The molecule has 1 atom stereocenters. The first-order chi connectivity index (χ1) is 10.0. The van der Waals surface area contributed by atoms with Crippen molar-refractivity contribution in [2.75, 3.05) is 0 Å². The van der Waals surface area contributed by atoms with E-state index in [1.165, 1.54) is 17.4 Å². The molecule has 1 amide bonds. The first-order valence-electron chi connectivity index (χ1n) is 6.32. The number of carboxylic acids is 1. The Balaban J connectivity index is 1.93. The number of amides is 1. The Morgan fingerprint density at radius 1 is 1.57 bits per heavy atom. The molecule has 6 nitrogen and oxygen atoms in total. The van der Waals surface area contributed by atoms with Gasteiger partial charge >= 0.3 is 13.1 Å². The molecular formula is C13H14BNO5S. The summed E-state index contributed by atoms with van der Waals surface area (Å²) >= 11 is 1.48. The van der Waals surface area contributed by atoms with Crippen LogP contribution in [0.5, 0.6) is 0 Å². The third-order valence-electron chi connectivity index (χ3n) is 2.80.